The highest BCUT2D eigenvalue weighted by atomic mass is 16.5. The van der Waals surface area contributed by atoms with Crippen LogP contribution in [0.4, 0.5) is 5.69 Å². The Morgan fingerprint density at radius 3 is 2.30 bits per heavy atom. The highest BCUT2D eigenvalue weighted by molar-refractivity contribution is 6.35. The lowest BCUT2D eigenvalue weighted by molar-refractivity contribution is -0.139. The zero-order valence-corrected chi connectivity index (χ0v) is 20.5. The summed E-state index contributed by atoms with van der Waals surface area (Å²) in [6.45, 7) is 2.45. The molecule has 0 unspecified atom stereocenters. The number of nitrogens with zero attached hydrogens (tertiary/aromatic N) is 1. The van der Waals surface area contributed by atoms with Crippen molar-refractivity contribution in [2.75, 3.05) is 25.6 Å². The van der Waals surface area contributed by atoms with Crippen LogP contribution >= 0.6 is 0 Å². The second-order valence-electron chi connectivity index (χ2n) is 7.60. The number of carbonyl (C=O) groups excluding carboxylic acids is 3. The van der Waals surface area contributed by atoms with Crippen molar-refractivity contribution in [1.82, 2.24) is 10.7 Å². The third kappa shape index (κ3) is 9.02. The fourth-order valence-corrected chi connectivity index (χ4v) is 3.05. The SMILES string of the molecule is CCOc1ccc(NC(=O)COc2cccc(/C=N\NC(=O)C(=O)NCc3ccc(OC)cc3)c2)cc1. The van der Waals surface area contributed by atoms with Crippen LogP contribution in [0.2, 0.25) is 0 Å². The molecule has 0 fully saturated rings. The Morgan fingerprint density at radius 2 is 1.59 bits per heavy atom. The molecule has 0 aliphatic heterocycles. The van der Waals surface area contributed by atoms with Crippen LogP contribution in [-0.2, 0) is 20.9 Å². The summed E-state index contributed by atoms with van der Waals surface area (Å²) in [4.78, 5) is 36.1. The first-order chi connectivity index (χ1) is 18.0. The van der Waals surface area contributed by atoms with Crippen molar-refractivity contribution >= 4 is 29.6 Å². The summed E-state index contributed by atoms with van der Waals surface area (Å²) >= 11 is 0. The number of anilines is 1. The van der Waals surface area contributed by atoms with E-state index in [1.165, 1.54) is 6.21 Å². The number of amides is 3. The molecule has 192 valence electrons. The number of hydrogen-bond donors (Lipinski definition) is 3. The van der Waals surface area contributed by atoms with Gasteiger partial charge in [-0.1, -0.05) is 24.3 Å². The zero-order valence-electron chi connectivity index (χ0n) is 20.5. The number of methoxy groups -OCH3 is 1. The van der Waals surface area contributed by atoms with E-state index in [1.54, 1.807) is 79.9 Å². The smallest absolute Gasteiger partial charge is 0.329 e. The molecule has 3 N–H and O–H groups in total. The van der Waals surface area contributed by atoms with Gasteiger partial charge in [-0.15, -0.1) is 0 Å². The predicted molar refractivity (Wildman–Crippen MR) is 139 cm³/mol. The molecular weight excluding hydrogens is 476 g/mol. The zero-order chi connectivity index (χ0) is 26.5. The van der Waals surface area contributed by atoms with E-state index >= 15 is 0 Å². The van der Waals surface area contributed by atoms with Crippen LogP contribution in [-0.4, -0.2) is 44.3 Å². The van der Waals surface area contributed by atoms with Gasteiger partial charge in [0.1, 0.15) is 17.2 Å². The number of ether oxygens (including phenoxy) is 3. The minimum absolute atomic E-state index is 0.186. The van der Waals surface area contributed by atoms with E-state index in [-0.39, 0.29) is 19.1 Å². The van der Waals surface area contributed by atoms with Crippen LogP contribution in [0.25, 0.3) is 0 Å². The fourth-order valence-electron chi connectivity index (χ4n) is 3.05. The Balaban J connectivity index is 1.42. The van der Waals surface area contributed by atoms with Gasteiger partial charge >= 0.3 is 11.8 Å². The summed E-state index contributed by atoms with van der Waals surface area (Å²) in [6.07, 6.45) is 1.36. The summed E-state index contributed by atoms with van der Waals surface area (Å²) in [5.41, 5.74) is 4.22. The van der Waals surface area contributed by atoms with E-state index in [0.717, 1.165) is 11.3 Å². The quantitative estimate of drug-likeness (QED) is 0.209. The largest absolute Gasteiger partial charge is 0.497 e. The normalized spacial score (nSPS) is 10.4. The van der Waals surface area contributed by atoms with Gasteiger partial charge in [-0.05, 0) is 66.6 Å². The standard InChI is InChI=1S/C27H28N4O6/c1-3-36-23-13-9-21(10-14-23)30-25(32)18-37-24-6-4-5-20(15-24)17-29-31-27(34)26(33)28-16-19-7-11-22(35-2)12-8-19/h4-15,17H,3,16,18H2,1-2H3,(H,28,33)(H,30,32)(H,31,34)/b29-17-. The van der Waals surface area contributed by atoms with Crippen LogP contribution < -0.4 is 30.3 Å². The van der Waals surface area contributed by atoms with Crippen molar-refractivity contribution in [3.05, 3.63) is 83.9 Å². The molecule has 0 atom stereocenters. The molecule has 0 saturated carbocycles. The number of nitrogens with one attached hydrogen (secondary N) is 3. The van der Waals surface area contributed by atoms with Gasteiger partial charge in [0.05, 0.1) is 19.9 Å². The average molecular weight is 505 g/mol. The molecule has 0 bridgehead atoms. The molecule has 3 rings (SSSR count). The summed E-state index contributed by atoms with van der Waals surface area (Å²) in [5.74, 6) is -0.179. The molecule has 10 heteroatoms. The Labute approximate surface area is 214 Å². The van der Waals surface area contributed by atoms with Crippen molar-refractivity contribution in [2.24, 2.45) is 5.10 Å². The molecule has 37 heavy (non-hydrogen) atoms. The van der Waals surface area contributed by atoms with E-state index in [4.69, 9.17) is 14.2 Å². The Kier molecular flexibility index (Phi) is 10.0. The van der Waals surface area contributed by atoms with Gasteiger partial charge in [0.15, 0.2) is 6.61 Å². The van der Waals surface area contributed by atoms with Crippen molar-refractivity contribution in [3.8, 4) is 17.2 Å². The van der Waals surface area contributed by atoms with Gasteiger partial charge in [-0.2, -0.15) is 5.10 Å². The second kappa shape index (κ2) is 13.9. The van der Waals surface area contributed by atoms with Gasteiger partial charge in [-0.25, -0.2) is 5.43 Å². The van der Waals surface area contributed by atoms with E-state index in [9.17, 15) is 14.4 Å². The van der Waals surface area contributed by atoms with Crippen LogP contribution in [0, 0.1) is 0 Å². The molecule has 10 nitrogen and oxygen atoms in total. The maximum absolute atomic E-state index is 12.2. The molecule has 3 amide bonds. The topological polar surface area (TPSA) is 127 Å². The molecule has 0 spiro atoms. The molecule has 0 aliphatic carbocycles. The maximum atomic E-state index is 12.2. The summed E-state index contributed by atoms with van der Waals surface area (Å²) in [7, 11) is 1.56. The highest BCUT2D eigenvalue weighted by Crippen LogP contribution is 2.16. The third-order valence-electron chi connectivity index (χ3n) is 4.88. The lowest BCUT2D eigenvalue weighted by Gasteiger charge is -2.09. The number of hydrogen-bond acceptors (Lipinski definition) is 7. The third-order valence-corrected chi connectivity index (χ3v) is 4.88. The molecule has 3 aromatic rings. The average Bonchev–Trinajstić information content (AvgIpc) is 2.92. The number of carbonyl (C=O) groups is 3. The van der Waals surface area contributed by atoms with E-state index in [0.29, 0.717) is 29.4 Å². The molecule has 0 radical (unpaired) electrons. The summed E-state index contributed by atoms with van der Waals surface area (Å²) in [5, 5.41) is 9.07. The van der Waals surface area contributed by atoms with Crippen LogP contribution in [0.1, 0.15) is 18.1 Å². The molecule has 0 heterocycles. The number of benzene rings is 3. The van der Waals surface area contributed by atoms with Crippen molar-refractivity contribution in [2.45, 2.75) is 13.5 Å². The van der Waals surface area contributed by atoms with Crippen molar-refractivity contribution < 1.29 is 28.6 Å². The predicted octanol–water partition coefficient (Wildman–Crippen LogP) is 2.88. The van der Waals surface area contributed by atoms with Gasteiger partial charge in [0.2, 0.25) is 0 Å². The minimum Gasteiger partial charge on any atom is -0.497 e. The second-order valence-corrected chi connectivity index (χ2v) is 7.60. The van der Waals surface area contributed by atoms with Gasteiger partial charge in [-0.3, -0.25) is 14.4 Å². The van der Waals surface area contributed by atoms with Gasteiger partial charge in [0.25, 0.3) is 5.91 Å². The highest BCUT2D eigenvalue weighted by Gasteiger charge is 2.12. The lowest BCUT2D eigenvalue weighted by atomic mass is 10.2. The first kappa shape index (κ1) is 26.7. The maximum Gasteiger partial charge on any atom is 0.329 e. The monoisotopic (exact) mass is 504 g/mol. The summed E-state index contributed by atoms with van der Waals surface area (Å²) in [6, 6.07) is 20.9. The Hall–Kier alpha value is -4.86. The molecule has 3 aromatic carbocycles. The first-order valence-corrected chi connectivity index (χ1v) is 11.5. The van der Waals surface area contributed by atoms with Gasteiger partial charge in [0, 0.05) is 12.2 Å². The first-order valence-electron chi connectivity index (χ1n) is 11.5. The van der Waals surface area contributed by atoms with Crippen LogP contribution in [0.15, 0.2) is 77.9 Å². The van der Waals surface area contributed by atoms with E-state index < -0.39 is 11.8 Å². The van der Waals surface area contributed by atoms with Crippen molar-refractivity contribution in [3.63, 3.8) is 0 Å². The Morgan fingerprint density at radius 1 is 0.865 bits per heavy atom. The summed E-state index contributed by atoms with van der Waals surface area (Å²) < 4.78 is 16.0. The van der Waals surface area contributed by atoms with Gasteiger partial charge < -0.3 is 24.8 Å². The molecule has 0 aromatic heterocycles. The van der Waals surface area contributed by atoms with Crippen LogP contribution in [0.5, 0.6) is 17.2 Å². The minimum atomic E-state index is -0.900. The number of rotatable bonds is 11. The van der Waals surface area contributed by atoms with Crippen LogP contribution in [0.3, 0.4) is 0 Å². The van der Waals surface area contributed by atoms with E-state index in [1.807, 2.05) is 6.92 Å². The Bertz CT molecular complexity index is 1230. The lowest BCUT2D eigenvalue weighted by Crippen LogP contribution is -2.37. The fraction of sp³-hybridized carbons (Fsp3) is 0.185. The molecule has 0 aliphatic rings. The molecular formula is C27H28N4O6. The van der Waals surface area contributed by atoms with E-state index in [2.05, 4.69) is 21.2 Å². The number of hydrazone groups is 1. The van der Waals surface area contributed by atoms with Crippen molar-refractivity contribution in [1.29, 1.82) is 0 Å². The molecule has 0 saturated heterocycles.